The maximum Gasteiger partial charge on any atom is 0.312 e. The number of aryl methyl sites for hydroxylation is 3. The van der Waals surface area contributed by atoms with Crippen molar-refractivity contribution in [2.75, 3.05) is 5.32 Å². The van der Waals surface area contributed by atoms with E-state index in [1.807, 2.05) is 20.8 Å². The van der Waals surface area contributed by atoms with Gasteiger partial charge < -0.3 is 14.9 Å². The van der Waals surface area contributed by atoms with Gasteiger partial charge in [0, 0.05) is 10.4 Å². The number of rotatable bonds is 4. The predicted molar refractivity (Wildman–Crippen MR) is 78.8 cm³/mol. The van der Waals surface area contributed by atoms with Crippen LogP contribution in [-0.2, 0) is 11.2 Å². The fraction of sp³-hybridized carbons (Fsp3) is 0.500. The zero-order valence-corrected chi connectivity index (χ0v) is 13.0. The second kappa shape index (κ2) is 5.14. The zero-order chi connectivity index (χ0) is 15.1. The highest BCUT2D eigenvalue weighted by Crippen LogP contribution is 2.39. The van der Waals surface area contributed by atoms with Crippen LogP contribution in [0.25, 0.3) is 0 Å². The van der Waals surface area contributed by atoms with E-state index in [1.54, 1.807) is 11.3 Å². The Morgan fingerprint density at radius 3 is 2.90 bits per heavy atom. The van der Waals surface area contributed by atoms with E-state index in [0.29, 0.717) is 6.42 Å². The first-order valence-corrected chi connectivity index (χ1v) is 7.70. The molecule has 2 N–H and O–H groups in total. The van der Waals surface area contributed by atoms with E-state index in [2.05, 4.69) is 15.5 Å². The molecule has 0 bridgehead atoms. The highest BCUT2D eigenvalue weighted by atomic mass is 32.1. The summed E-state index contributed by atoms with van der Waals surface area (Å²) in [6, 6.07) is 0.0193. The maximum atomic E-state index is 11.2. The molecule has 0 spiro atoms. The van der Waals surface area contributed by atoms with Crippen molar-refractivity contribution in [3.8, 4) is 0 Å². The van der Waals surface area contributed by atoms with Gasteiger partial charge in [0.25, 0.3) is 0 Å². The Hall–Kier alpha value is -1.89. The molecule has 7 heteroatoms. The van der Waals surface area contributed by atoms with Crippen LogP contribution in [0.3, 0.4) is 0 Å². The van der Waals surface area contributed by atoms with Crippen molar-refractivity contribution < 1.29 is 14.4 Å². The average Bonchev–Trinajstić information content (AvgIpc) is 3.03. The second-order valence-electron chi connectivity index (χ2n) is 5.36. The standard InChI is InChI=1S/C14H17N3O3S/c1-6(11-7(2)17-20-8(11)3)15-14-16-12-9(13(18)19)4-5-10(12)21-14/h6,9H,4-5H2,1-3H3,(H,15,16)(H,18,19). The van der Waals surface area contributed by atoms with Crippen LogP contribution in [0.4, 0.5) is 5.13 Å². The first-order valence-electron chi connectivity index (χ1n) is 6.89. The van der Waals surface area contributed by atoms with Crippen LogP contribution in [0.5, 0.6) is 0 Å². The smallest absolute Gasteiger partial charge is 0.312 e. The molecule has 1 aliphatic rings. The molecule has 0 fully saturated rings. The number of fused-ring (bicyclic) bond motifs is 1. The van der Waals surface area contributed by atoms with Crippen LogP contribution >= 0.6 is 11.3 Å². The molecule has 2 unspecified atom stereocenters. The van der Waals surface area contributed by atoms with Gasteiger partial charge in [-0.15, -0.1) is 11.3 Å². The lowest BCUT2D eigenvalue weighted by Gasteiger charge is -2.12. The normalized spacial score (nSPS) is 18.5. The molecule has 2 heterocycles. The van der Waals surface area contributed by atoms with E-state index in [4.69, 9.17) is 4.52 Å². The summed E-state index contributed by atoms with van der Waals surface area (Å²) in [5.41, 5.74) is 2.61. The van der Waals surface area contributed by atoms with Crippen LogP contribution in [0.2, 0.25) is 0 Å². The summed E-state index contributed by atoms with van der Waals surface area (Å²) in [5.74, 6) is -0.453. The van der Waals surface area contributed by atoms with Gasteiger partial charge in [-0.3, -0.25) is 4.79 Å². The predicted octanol–water partition coefficient (Wildman–Crippen LogP) is 3.04. The molecule has 0 aliphatic heterocycles. The minimum Gasteiger partial charge on any atom is -0.481 e. The minimum atomic E-state index is -0.788. The largest absolute Gasteiger partial charge is 0.481 e. The van der Waals surface area contributed by atoms with Gasteiger partial charge in [-0.2, -0.15) is 0 Å². The number of hydrogen-bond donors (Lipinski definition) is 2. The molecule has 2 atom stereocenters. The lowest BCUT2D eigenvalue weighted by molar-refractivity contribution is -0.138. The summed E-state index contributed by atoms with van der Waals surface area (Å²) in [4.78, 5) is 16.8. The zero-order valence-electron chi connectivity index (χ0n) is 12.1. The summed E-state index contributed by atoms with van der Waals surface area (Å²) >= 11 is 1.54. The molecule has 6 nitrogen and oxygen atoms in total. The number of aliphatic carboxylic acids is 1. The number of carbonyl (C=O) groups is 1. The molecule has 21 heavy (non-hydrogen) atoms. The molecule has 112 valence electrons. The summed E-state index contributed by atoms with van der Waals surface area (Å²) in [7, 11) is 0. The molecule has 0 radical (unpaired) electrons. The molecule has 0 saturated carbocycles. The molecular weight excluding hydrogens is 290 g/mol. The lowest BCUT2D eigenvalue weighted by Crippen LogP contribution is -2.10. The summed E-state index contributed by atoms with van der Waals surface area (Å²) in [6.07, 6.45) is 1.45. The van der Waals surface area contributed by atoms with E-state index in [1.165, 1.54) is 0 Å². The summed E-state index contributed by atoms with van der Waals surface area (Å²) < 4.78 is 5.18. The number of anilines is 1. The van der Waals surface area contributed by atoms with Crippen LogP contribution < -0.4 is 5.32 Å². The first-order chi connectivity index (χ1) is 9.97. The summed E-state index contributed by atoms with van der Waals surface area (Å²) in [6.45, 7) is 5.82. The number of thiazole rings is 1. The quantitative estimate of drug-likeness (QED) is 0.902. The van der Waals surface area contributed by atoms with Gasteiger partial charge in [0.05, 0.1) is 17.4 Å². The lowest BCUT2D eigenvalue weighted by atomic mass is 10.1. The molecular formula is C14H17N3O3S. The Morgan fingerprint density at radius 1 is 1.52 bits per heavy atom. The number of nitrogens with zero attached hydrogens (tertiary/aromatic N) is 2. The van der Waals surface area contributed by atoms with Gasteiger partial charge in [0.2, 0.25) is 0 Å². The molecule has 0 amide bonds. The van der Waals surface area contributed by atoms with Crippen molar-refractivity contribution >= 4 is 22.4 Å². The minimum absolute atomic E-state index is 0.0193. The number of hydrogen-bond acceptors (Lipinski definition) is 6. The fourth-order valence-corrected chi connectivity index (χ4v) is 4.02. The average molecular weight is 307 g/mol. The van der Waals surface area contributed by atoms with Crippen LogP contribution in [0.15, 0.2) is 4.52 Å². The van der Waals surface area contributed by atoms with Crippen LogP contribution in [0.1, 0.15) is 52.9 Å². The molecule has 2 aromatic rings. The Bertz CT molecular complexity index is 672. The Kier molecular flexibility index (Phi) is 3.44. The van der Waals surface area contributed by atoms with E-state index in [-0.39, 0.29) is 6.04 Å². The molecule has 2 aromatic heterocycles. The first kappa shape index (κ1) is 14.1. The van der Waals surface area contributed by atoms with Gasteiger partial charge in [0.1, 0.15) is 11.7 Å². The van der Waals surface area contributed by atoms with Crippen molar-refractivity contribution in [1.82, 2.24) is 10.1 Å². The number of carboxylic acids is 1. The third kappa shape index (κ3) is 2.42. The van der Waals surface area contributed by atoms with Crippen LogP contribution in [-0.4, -0.2) is 21.2 Å². The van der Waals surface area contributed by atoms with E-state index >= 15 is 0 Å². The number of carboxylic acid groups (broad SMARTS) is 1. The maximum absolute atomic E-state index is 11.2. The van der Waals surface area contributed by atoms with Crippen molar-refractivity contribution in [3.63, 3.8) is 0 Å². The third-order valence-electron chi connectivity index (χ3n) is 3.88. The Balaban J connectivity index is 1.81. The highest BCUT2D eigenvalue weighted by Gasteiger charge is 2.32. The van der Waals surface area contributed by atoms with Gasteiger partial charge >= 0.3 is 5.97 Å². The van der Waals surface area contributed by atoms with Crippen molar-refractivity contribution in [1.29, 1.82) is 0 Å². The second-order valence-corrected chi connectivity index (χ2v) is 6.44. The number of aromatic nitrogens is 2. The Labute approximate surface area is 126 Å². The monoisotopic (exact) mass is 307 g/mol. The molecule has 3 rings (SSSR count). The van der Waals surface area contributed by atoms with Crippen LogP contribution in [0, 0.1) is 13.8 Å². The molecule has 0 aromatic carbocycles. The van der Waals surface area contributed by atoms with Gasteiger partial charge in [-0.05, 0) is 33.6 Å². The van der Waals surface area contributed by atoms with E-state index < -0.39 is 11.9 Å². The van der Waals surface area contributed by atoms with E-state index in [0.717, 1.165) is 39.1 Å². The summed E-state index contributed by atoms with van der Waals surface area (Å²) in [5, 5.41) is 17.2. The van der Waals surface area contributed by atoms with Gasteiger partial charge in [-0.25, -0.2) is 4.98 Å². The van der Waals surface area contributed by atoms with Gasteiger partial charge in [0.15, 0.2) is 5.13 Å². The third-order valence-corrected chi connectivity index (χ3v) is 4.94. The fourth-order valence-electron chi connectivity index (χ4n) is 2.89. The topological polar surface area (TPSA) is 88.3 Å². The Morgan fingerprint density at radius 2 is 2.29 bits per heavy atom. The SMILES string of the molecule is Cc1noc(C)c1C(C)Nc1nc2c(s1)CCC2C(=O)O. The van der Waals surface area contributed by atoms with E-state index in [9.17, 15) is 9.90 Å². The molecule has 0 saturated heterocycles. The molecule has 1 aliphatic carbocycles. The van der Waals surface area contributed by atoms with Crippen molar-refractivity contribution in [2.24, 2.45) is 0 Å². The van der Waals surface area contributed by atoms with Gasteiger partial charge in [-0.1, -0.05) is 5.16 Å². The highest BCUT2D eigenvalue weighted by molar-refractivity contribution is 7.15. The number of nitrogens with one attached hydrogen (secondary N) is 1. The van der Waals surface area contributed by atoms with Crippen molar-refractivity contribution in [3.05, 3.63) is 27.6 Å². The van der Waals surface area contributed by atoms with Crippen molar-refractivity contribution in [2.45, 2.75) is 45.6 Å².